The quantitative estimate of drug-likeness (QED) is 0.753. The van der Waals surface area contributed by atoms with Crippen LogP contribution in [0.2, 0.25) is 0 Å². The Morgan fingerprint density at radius 3 is 2.36 bits per heavy atom. The lowest BCUT2D eigenvalue weighted by molar-refractivity contribution is 0.591. The van der Waals surface area contributed by atoms with E-state index in [0.717, 1.165) is 17.4 Å². The first-order valence-electron chi connectivity index (χ1n) is 8.04. The molecule has 0 aliphatic rings. The Morgan fingerprint density at radius 1 is 1.08 bits per heavy atom. The second-order valence-electron chi connectivity index (χ2n) is 6.37. The normalized spacial score (nSPS) is 13.3. The van der Waals surface area contributed by atoms with Gasteiger partial charge in [-0.25, -0.2) is 8.42 Å². The van der Waals surface area contributed by atoms with Gasteiger partial charge in [0, 0.05) is 11.8 Å². The van der Waals surface area contributed by atoms with Crippen molar-refractivity contribution in [1.82, 2.24) is 19.6 Å². The summed E-state index contributed by atoms with van der Waals surface area (Å²) >= 11 is 0. The standard InChI is InChI=1S/C17H21N5O2S/c1-11(2)14-10-18-22-15(14)20-17(25(4,23)24)21-16(22)19-12(3)13-8-6-5-7-9-13/h5-12H,1-4H3,(H,19,20,21)/t12-/m0/s1. The van der Waals surface area contributed by atoms with E-state index in [9.17, 15) is 8.42 Å². The van der Waals surface area contributed by atoms with Gasteiger partial charge >= 0.3 is 0 Å². The fourth-order valence-electron chi connectivity index (χ4n) is 2.56. The largest absolute Gasteiger partial charge is 0.348 e. The van der Waals surface area contributed by atoms with E-state index < -0.39 is 9.84 Å². The Labute approximate surface area is 147 Å². The van der Waals surface area contributed by atoms with Gasteiger partial charge in [0.05, 0.1) is 12.2 Å². The van der Waals surface area contributed by atoms with Crippen molar-refractivity contribution in [1.29, 1.82) is 0 Å². The lowest BCUT2D eigenvalue weighted by Gasteiger charge is -2.16. The highest BCUT2D eigenvalue weighted by atomic mass is 32.2. The van der Waals surface area contributed by atoms with Crippen LogP contribution in [-0.2, 0) is 9.84 Å². The van der Waals surface area contributed by atoms with Crippen molar-refractivity contribution in [2.45, 2.75) is 37.9 Å². The summed E-state index contributed by atoms with van der Waals surface area (Å²) in [5.41, 5.74) is 2.45. The lowest BCUT2D eigenvalue weighted by atomic mass is 10.1. The van der Waals surface area contributed by atoms with E-state index in [1.54, 1.807) is 10.7 Å². The van der Waals surface area contributed by atoms with Crippen molar-refractivity contribution in [2.75, 3.05) is 11.6 Å². The second kappa shape index (κ2) is 6.44. The van der Waals surface area contributed by atoms with Gasteiger partial charge in [-0.1, -0.05) is 44.2 Å². The minimum absolute atomic E-state index is 0.0709. The molecule has 1 atom stereocenters. The predicted octanol–water partition coefficient (Wildman–Crippen LogP) is 2.82. The third kappa shape index (κ3) is 3.48. The number of fused-ring (bicyclic) bond motifs is 1. The van der Waals surface area contributed by atoms with E-state index in [1.807, 2.05) is 51.1 Å². The molecule has 1 aromatic carbocycles. The summed E-state index contributed by atoms with van der Waals surface area (Å²) < 4.78 is 25.6. The smallest absolute Gasteiger partial charge is 0.252 e. The van der Waals surface area contributed by atoms with E-state index in [0.29, 0.717) is 11.6 Å². The van der Waals surface area contributed by atoms with Crippen molar-refractivity contribution < 1.29 is 8.42 Å². The van der Waals surface area contributed by atoms with Crippen molar-refractivity contribution in [3.05, 3.63) is 47.7 Å². The van der Waals surface area contributed by atoms with Gasteiger partial charge in [0.1, 0.15) is 0 Å². The molecule has 2 heterocycles. The van der Waals surface area contributed by atoms with Crippen LogP contribution in [0.25, 0.3) is 5.65 Å². The highest BCUT2D eigenvalue weighted by Gasteiger charge is 2.20. The average Bonchev–Trinajstić information content (AvgIpc) is 2.99. The third-order valence-corrected chi connectivity index (χ3v) is 4.82. The van der Waals surface area contributed by atoms with E-state index in [1.165, 1.54) is 0 Å². The lowest BCUT2D eigenvalue weighted by Crippen LogP contribution is -2.16. The second-order valence-corrected chi connectivity index (χ2v) is 8.28. The number of nitrogens with zero attached hydrogens (tertiary/aromatic N) is 4. The topological polar surface area (TPSA) is 89.2 Å². The van der Waals surface area contributed by atoms with Crippen LogP contribution in [0.15, 0.2) is 41.7 Å². The molecule has 0 radical (unpaired) electrons. The van der Waals surface area contributed by atoms with Gasteiger partial charge in [-0.15, -0.1) is 0 Å². The summed E-state index contributed by atoms with van der Waals surface area (Å²) in [4.78, 5) is 8.43. The van der Waals surface area contributed by atoms with Crippen LogP contribution < -0.4 is 5.32 Å². The molecule has 0 bridgehead atoms. The zero-order valence-electron chi connectivity index (χ0n) is 14.6. The van der Waals surface area contributed by atoms with Crippen molar-refractivity contribution >= 4 is 21.4 Å². The predicted molar refractivity (Wildman–Crippen MR) is 96.5 cm³/mol. The molecule has 7 nitrogen and oxygen atoms in total. The maximum Gasteiger partial charge on any atom is 0.252 e. The highest BCUT2D eigenvalue weighted by Crippen LogP contribution is 2.24. The van der Waals surface area contributed by atoms with Crippen LogP contribution in [0.4, 0.5) is 5.95 Å². The summed E-state index contributed by atoms with van der Waals surface area (Å²) in [7, 11) is -3.54. The number of hydrogen-bond donors (Lipinski definition) is 1. The zero-order valence-corrected chi connectivity index (χ0v) is 15.4. The molecule has 3 rings (SSSR count). The van der Waals surface area contributed by atoms with E-state index in [-0.39, 0.29) is 17.1 Å². The Kier molecular flexibility index (Phi) is 4.47. The number of sulfone groups is 1. The molecular weight excluding hydrogens is 338 g/mol. The van der Waals surface area contributed by atoms with Gasteiger partial charge in [0.15, 0.2) is 5.65 Å². The minimum atomic E-state index is -3.54. The molecule has 0 saturated carbocycles. The molecule has 8 heteroatoms. The zero-order chi connectivity index (χ0) is 18.2. The van der Waals surface area contributed by atoms with Crippen LogP contribution >= 0.6 is 0 Å². The summed E-state index contributed by atoms with van der Waals surface area (Å²) in [6.07, 6.45) is 2.81. The molecule has 0 amide bonds. The Morgan fingerprint density at radius 2 is 1.76 bits per heavy atom. The molecule has 0 spiro atoms. The summed E-state index contributed by atoms with van der Waals surface area (Å²) in [5, 5.41) is 7.39. The van der Waals surface area contributed by atoms with Gasteiger partial charge < -0.3 is 5.32 Å². The van der Waals surface area contributed by atoms with Gasteiger partial charge in [-0.2, -0.15) is 19.6 Å². The molecule has 1 N–H and O–H groups in total. The fraction of sp³-hybridized carbons (Fsp3) is 0.353. The number of anilines is 1. The monoisotopic (exact) mass is 359 g/mol. The van der Waals surface area contributed by atoms with Crippen LogP contribution in [0, 0.1) is 0 Å². The van der Waals surface area contributed by atoms with E-state index in [4.69, 9.17) is 0 Å². The van der Waals surface area contributed by atoms with Gasteiger partial charge in [0.25, 0.3) is 5.16 Å². The summed E-state index contributed by atoms with van der Waals surface area (Å²) in [6, 6.07) is 9.78. The van der Waals surface area contributed by atoms with Gasteiger partial charge in [-0.3, -0.25) is 0 Å². The third-order valence-electron chi connectivity index (χ3n) is 3.97. The highest BCUT2D eigenvalue weighted by molar-refractivity contribution is 7.90. The SMILES string of the molecule is CC(C)c1cnn2c(N[C@@H](C)c3ccccc3)nc(S(C)(=O)=O)nc12. The molecule has 0 saturated heterocycles. The molecule has 3 aromatic rings. The first-order valence-corrected chi connectivity index (χ1v) is 9.93. The fourth-order valence-corrected chi connectivity index (χ4v) is 3.06. The first-order chi connectivity index (χ1) is 11.8. The summed E-state index contributed by atoms with van der Waals surface area (Å²) in [6.45, 7) is 6.01. The van der Waals surface area contributed by atoms with Crippen LogP contribution in [0.1, 0.15) is 43.9 Å². The number of hydrogen-bond acceptors (Lipinski definition) is 6. The molecule has 2 aromatic heterocycles. The molecule has 0 aliphatic heterocycles. The molecule has 25 heavy (non-hydrogen) atoms. The van der Waals surface area contributed by atoms with Crippen molar-refractivity contribution in [3.63, 3.8) is 0 Å². The number of benzene rings is 1. The molecule has 0 unspecified atom stereocenters. The Bertz CT molecular complexity index is 997. The average molecular weight is 359 g/mol. The Balaban J connectivity index is 2.13. The Hall–Kier alpha value is -2.48. The maximum absolute atomic E-state index is 12.0. The van der Waals surface area contributed by atoms with E-state index >= 15 is 0 Å². The van der Waals surface area contributed by atoms with Crippen LogP contribution in [-0.4, -0.2) is 34.3 Å². The van der Waals surface area contributed by atoms with Crippen molar-refractivity contribution in [3.8, 4) is 0 Å². The number of aromatic nitrogens is 4. The maximum atomic E-state index is 12.0. The van der Waals surface area contributed by atoms with Crippen LogP contribution in [0.3, 0.4) is 0 Å². The first kappa shape index (κ1) is 17.3. The number of nitrogens with one attached hydrogen (secondary N) is 1. The summed E-state index contributed by atoms with van der Waals surface area (Å²) in [5.74, 6) is 0.521. The van der Waals surface area contributed by atoms with Gasteiger partial charge in [-0.05, 0) is 18.4 Å². The molecule has 132 valence electrons. The number of rotatable bonds is 5. The van der Waals surface area contributed by atoms with Crippen molar-refractivity contribution in [2.24, 2.45) is 0 Å². The molecular formula is C17H21N5O2S. The van der Waals surface area contributed by atoms with Crippen LogP contribution in [0.5, 0.6) is 0 Å². The van der Waals surface area contributed by atoms with E-state index in [2.05, 4.69) is 20.4 Å². The van der Waals surface area contributed by atoms with Gasteiger partial charge in [0.2, 0.25) is 15.8 Å². The minimum Gasteiger partial charge on any atom is -0.348 e. The molecule has 0 fully saturated rings. The molecule has 0 aliphatic carbocycles.